The number of ether oxygens (including phenoxy) is 1. The van der Waals surface area contributed by atoms with E-state index in [-0.39, 0.29) is 0 Å². The molecule has 1 aromatic carbocycles. The van der Waals surface area contributed by atoms with Gasteiger partial charge in [-0.15, -0.1) is 0 Å². The number of hydrogen-bond donors (Lipinski definition) is 0. The lowest BCUT2D eigenvalue weighted by Crippen LogP contribution is -2.37. The number of benzene rings is 1. The van der Waals surface area contributed by atoms with Crippen molar-refractivity contribution in [1.82, 2.24) is 9.29 Å². The van der Waals surface area contributed by atoms with Gasteiger partial charge >= 0.3 is 0 Å². The van der Waals surface area contributed by atoms with Crippen LogP contribution < -0.4 is 4.74 Å². The van der Waals surface area contributed by atoms with Crippen LogP contribution in [0, 0.1) is 0 Å². The maximum absolute atomic E-state index is 12.7. The highest BCUT2D eigenvalue weighted by Crippen LogP contribution is 2.30. The van der Waals surface area contributed by atoms with Crippen molar-refractivity contribution in [2.75, 3.05) is 20.2 Å². The fourth-order valence-electron chi connectivity index (χ4n) is 2.96. The fourth-order valence-corrected chi connectivity index (χ4v) is 4.43. The minimum atomic E-state index is -3.43. The quantitative estimate of drug-likeness (QED) is 0.864. The van der Waals surface area contributed by atoms with Gasteiger partial charge in [-0.05, 0) is 60.7 Å². The summed E-state index contributed by atoms with van der Waals surface area (Å²) < 4.78 is 32.1. The Hall–Kier alpha value is -1.92. The molecular weight excluding hydrogens is 312 g/mol. The summed E-state index contributed by atoms with van der Waals surface area (Å²) in [5, 5.41) is 0. The third kappa shape index (κ3) is 3.38. The zero-order valence-electron chi connectivity index (χ0n) is 13.1. The van der Waals surface area contributed by atoms with Gasteiger partial charge < -0.3 is 4.74 Å². The molecule has 5 nitrogen and oxygen atoms in total. The highest BCUT2D eigenvalue weighted by molar-refractivity contribution is 7.89. The second-order valence-electron chi connectivity index (χ2n) is 5.63. The number of piperidine rings is 1. The highest BCUT2D eigenvalue weighted by Gasteiger charge is 2.29. The van der Waals surface area contributed by atoms with E-state index in [1.807, 2.05) is 12.1 Å². The Labute approximate surface area is 137 Å². The maximum atomic E-state index is 12.7. The van der Waals surface area contributed by atoms with Crippen molar-refractivity contribution in [2.24, 2.45) is 0 Å². The molecule has 0 unspecified atom stereocenters. The smallest absolute Gasteiger partial charge is 0.243 e. The molecule has 1 aliphatic rings. The van der Waals surface area contributed by atoms with E-state index >= 15 is 0 Å². The van der Waals surface area contributed by atoms with Gasteiger partial charge in [0.1, 0.15) is 5.75 Å². The van der Waals surface area contributed by atoms with Gasteiger partial charge in [0.15, 0.2) is 0 Å². The van der Waals surface area contributed by atoms with Gasteiger partial charge in [0, 0.05) is 25.5 Å². The molecule has 23 heavy (non-hydrogen) atoms. The van der Waals surface area contributed by atoms with Gasteiger partial charge in [0.05, 0.1) is 12.0 Å². The van der Waals surface area contributed by atoms with Crippen LogP contribution in [0.1, 0.15) is 24.3 Å². The molecule has 6 heteroatoms. The van der Waals surface area contributed by atoms with Gasteiger partial charge in [0.25, 0.3) is 0 Å². The fraction of sp³-hybridized carbons (Fsp3) is 0.353. The Balaban J connectivity index is 1.70. The van der Waals surface area contributed by atoms with Crippen molar-refractivity contribution in [2.45, 2.75) is 23.7 Å². The molecule has 2 heterocycles. The molecular formula is C17H20N2O3S. The van der Waals surface area contributed by atoms with Crippen LogP contribution in [0.4, 0.5) is 0 Å². The van der Waals surface area contributed by atoms with E-state index in [1.165, 1.54) is 5.56 Å². The lowest BCUT2D eigenvalue weighted by Gasteiger charge is -2.31. The van der Waals surface area contributed by atoms with Gasteiger partial charge in [0.2, 0.25) is 10.0 Å². The average Bonchev–Trinajstić information content (AvgIpc) is 2.62. The van der Waals surface area contributed by atoms with E-state index in [0.717, 1.165) is 12.8 Å². The van der Waals surface area contributed by atoms with Gasteiger partial charge in [-0.2, -0.15) is 4.31 Å². The number of sulfonamides is 1. The van der Waals surface area contributed by atoms with Crippen LogP contribution in [0.15, 0.2) is 53.7 Å². The summed E-state index contributed by atoms with van der Waals surface area (Å²) in [6.45, 7) is 1.09. The molecule has 0 spiro atoms. The van der Waals surface area contributed by atoms with E-state index in [4.69, 9.17) is 4.74 Å². The summed E-state index contributed by atoms with van der Waals surface area (Å²) in [6, 6.07) is 10.6. The minimum absolute atomic E-state index is 0.320. The molecule has 1 aromatic heterocycles. The molecule has 0 saturated carbocycles. The van der Waals surface area contributed by atoms with E-state index in [1.54, 1.807) is 48.1 Å². The Kier molecular flexibility index (Phi) is 4.63. The van der Waals surface area contributed by atoms with E-state index in [9.17, 15) is 8.42 Å². The van der Waals surface area contributed by atoms with Crippen molar-refractivity contribution < 1.29 is 13.2 Å². The van der Waals surface area contributed by atoms with Crippen LogP contribution >= 0.6 is 0 Å². The summed E-state index contributed by atoms with van der Waals surface area (Å²) in [5.74, 6) is 1.06. The van der Waals surface area contributed by atoms with E-state index in [0.29, 0.717) is 29.7 Å². The molecule has 1 aliphatic heterocycles. The monoisotopic (exact) mass is 332 g/mol. The Bertz CT molecular complexity index is 737. The molecule has 0 radical (unpaired) electrons. The number of rotatable bonds is 4. The van der Waals surface area contributed by atoms with Crippen LogP contribution in [0.25, 0.3) is 0 Å². The van der Waals surface area contributed by atoms with Crippen molar-refractivity contribution in [3.63, 3.8) is 0 Å². The third-order valence-corrected chi connectivity index (χ3v) is 6.24. The Morgan fingerprint density at radius 2 is 1.65 bits per heavy atom. The van der Waals surface area contributed by atoms with E-state index in [2.05, 4.69) is 4.98 Å². The Morgan fingerprint density at radius 3 is 2.22 bits per heavy atom. The molecule has 0 aliphatic carbocycles. The standard InChI is InChI=1S/C17H20N2O3S/c1-22-16-2-4-17(5-3-16)23(20,21)19-12-8-15(9-13-19)14-6-10-18-11-7-14/h2-7,10-11,15H,8-9,12-13H2,1H3. The predicted octanol–water partition coefficient (Wildman–Crippen LogP) is 2.66. The SMILES string of the molecule is COc1ccc(S(=O)(=O)N2CCC(c3ccncc3)CC2)cc1. The Morgan fingerprint density at radius 1 is 1.04 bits per heavy atom. The van der Waals surface area contributed by atoms with Crippen molar-refractivity contribution in [3.8, 4) is 5.75 Å². The normalized spacial score (nSPS) is 17.1. The van der Waals surface area contributed by atoms with Crippen molar-refractivity contribution in [3.05, 3.63) is 54.4 Å². The molecule has 0 bridgehead atoms. The van der Waals surface area contributed by atoms with Crippen LogP contribution in [0.5, 0.6) is 5.75 Å². The van der Waals surface area contributed by atoms with Gasteiger partial charge in [-0.3, -0.25) is 4.98 Å². The number of aromatic nitrogens is 1. The lowest BCUT2D eigenvalue weighted by atomic mass is 9.91. The molecule has 1 saturated heterocycles. The van der Waals surface area contributed by atoms with Crippen LogP contribution in [0.2, 0.25) is 0 Å². The number of nitrogens with zero attached hydrogens (tertiary/aromatic N) is 2. The maximum Gasteiger partial charge on any atom is 0.243 e. The number of pyridine rings is 1. The summed E-state index contributed by atoms with van der Waals surface area (Å²) in [7, 11) is -1.86. The summed E-state index contributed by atoms with van der Waals surface area (Å²) >= 11 is 0. The summed E-state index contributed by atoms with van der Waals surface area (Å²) in [5.41, 5.74) is 1.24. The lowest BCUT2D eigenvalue weighted by molar-refractivity contribution is 0.319. The van der Waals surface area contributed by atoms with Crippen LogP contribution in [-0.4, -0.2) is 37.9 Å². The highest BCUT2D eigenvalue weighted by atomic mass is 32.2. The largest absolute Gasteiger partial charge is 0.497 e. The second kappa shape index (κ2) is 6.68. The molecule has 2 aromatic rings. The molecule has 3 rings (SSSR count). The number of methoxy groups -OCH3 is 1. The predicted molar refractivity (Wildman–Crippen MR) is 88.0 cm³/mol. The van der Waals surface area contributed by atoms with Crippen LogP contribution in [-0.2, 0) is 10.0 Å². The first-order valence-corrected chi connectivity index (χ1v) is 9.09. The zero-order valence-corrected chi connectivity index (χ0v) is 13.9. The van der Waals surface area contributed by atoms with Gasteiger partial charge in [-0.25, -0.2) is 8.42 Å². The molecule has 0 atom stereocenters. The van der Waals surface area contributed by atoms with Crippen LogP contribution in [0.3, 0.4) is 0 Å². The second-order valence-corrected chi connectivity index (χ2v) is 7.57. The minimum Gasteiger partial charge on any atom is -0.497 e. The first-order chi connectivity index (χ1) is 11.1. The molecule has 1 fully saturated rings. The number of hydrogen-bond acceptors (Lipinski definition) is 4. The molecule has 122 valence electrons. The summed E-state index contributed by atoms with van der Waals surface area (Å²) in [6.07, 6.45) is 5.24. The van der Waals surface area contributed by atoms with Crippen molar-refractivity contribution in [1.29, 1.82) is 0 Å². The van der Waals surface area contributed by atoms with Gasteiger partial charge in [-0.1, -0.05) is 0 Å². The molecule has 0 N–H and O–H groups in total. The van der Waals surface area contributed by atoms with E-state index < -0.39 is 10.0 Å². The first kappa shape index (κ1) is 16.0. The topological polar surface area (TPSA) is 59.5 Å². The first-order valence-electron chi connectivity index (χ1n) is 7.65. The van der Waals surface area contributed by atoms with Crippen molar-refractivity contribution >= 4 is 10.0 Å². The average molecular weight is 332 g/mol. The molecule has 0 amide bonds. The third-order valence-electron chi connectivity index (χ3n) is 4.33. The zero-order chi connectivity index (χ0) is 16.3. The summed E-state index contributed by atoms with van der Waals surface area (Å²) in [4.78, 5) is 4.35.